The fourth-order valence-electron chi connectivity index (χ4n) is 1.01. The molecule has 0 saturated heterocycles. The smallest absolute Gasteiger partial charge is 0.205 e. The van der Waals surface area contributed by atoms with Gasteiger partial charge in [0.1, 0.15) is 0 Å². The molecule has 5 heteroatoms. The topological polar surface area (TPSA) is 91.2 Å². The fourth-order valence-corrected chi connectivity index (χ4v) is 1.01. The molecule has 0 amide bonds. The van der Waals surface area contributed by atoms with Crippen molar-refractivity contribution >= 4 is 11.6 Å². The molecule has 0 aromatic heterocycles. The molecule has 0 radical (unpaired) electrons. The number of nitrogens with one attached hydrogen (secondary N) is 2. The molecule has 0 atom stereocenters. The lowest BCUT2D eigenvalue weighted by Gasteiger charge is -2.14. The van der Waals surface area contributed by atoms with Gasteiger partial charge in [-0.25, -0.2) is 5.84 Å². The minimum Gasteiger partial charge on any atom is -0.399 e. The fraction of sp³-hybridized carbons (Fsp3) is 0.222. The highest BCUT2D eigenvalue weighted by molar-refractivity contribution is 5.75. The summed E-state index contributed by atoms with van der Waals surface area (Å²) in [6, 6.07) is 7.50. The average Bonchev–Trinajstić information content (AvgIpc) is 2.14. The van der Waals surface area contributed by atoms with Gasteiger partial charge in [0, 0.05) is 19.3 Å². The SMILES string of the molecule is CN(N)C(=N)NCc1cccc(N)c1. The normalized spacial score (nSPS) is 9.57. The second kappa shape index (κ2) is 4.48. The third kappa shape index (κ3) is 2.95. The van der Waals surface area contributed by atoms with E-state index in [4.69, 9.17) is 17.0 Å². The van der Waals surface area contributed by atoms with Crippen molar-refractivity contribution < 1.29 is 0 Å². The van der Waals surface area contributed by atoms with Crippen molar-refractivity contribution in [2.24, 2.45) is 5.84 Å². The first kappa shape index (κ1) is 10.3. The van der Waals surface area contributed by atoms with Crippen LogP contribution in [0.15, 0.2) is 24.3 Å². The highest BCUT2D eigenvalue weighted by atomic mass is 15.5. The Morgan fingerprint density at radius 1 is 1.57 bits per heavy atom. The van der Waals surface area contributed by atoms with Crippen LogP contribution in [0.2, 0.25) is 0 Å². The van der Waals surface area contributed by atoms with E-state index in [1.165, 1.54) is 5.01 Å². The van der Waals surface area contributed by atoms with Gasteiger partial charge in [0.25, 0.3) is 0 Å². The van der Waals surface area contributed by atoms with E-state index >= 15 is 0 Å². The van der Waals surface area contributed by atoms with E-state index in [2.05, 4.69) is 5.32 Å². The maximum absolute atomic E-state index is 7.40. The number of benzene rings is 1. The number of nitrogens with two attached hydrogens (primary N) is 2. The Morgan fingerprint density at radius 3 is 2.86 bits per heavy atom. The molecule has 76 valence electrons. The summed E-state index contributed by atoms with van der Waals surface area (Å²) in [6.07, 6.45) is 0. The molecule has 0 aliphatic carbocycles. The van der Waals surface area contributed by atoms with Gasteiger partial charge in [0.15, 0.2) is 0 Å². The van der Waals surface area contributed by atoms with E-state index in [9.17, 15) is 0 Å². The summed E-state index contributed by atoms with van der Waals surface area (Å²) >= 11 is 0. The van der Waals surface area contributed by atoms with Gasteiger partial charge in [-0.3, -0.25) is 10.4 Å². The minimum absolute atomic E-state index is 0.174. The van der Waals surface area contributed by atoms with Crippen molar-refractivity contribution in [1.82, 2.24) is 10.3 Å². The molecule has 5 nitrogen and oxygen atoms in total. The first-order valence-electron chi connectivity index (χ1n) is 4.25. The van der Waals surface area contributed by atoms with Crippen LogP contribution < -0.4 is 16.9 Å². The first-order valence-corrected chi connectivity index (χ1v) is 4.25. The lowest BCUT2D eigenvalue weighted by Crippen LogP contribution is -2.41. The lowest BCUT2D eigenvalue weighted by atomic mass is 10.2. The van der Waals surface area contributed by atoms with E-state index in [0.29, 0.717) is 6.54 Å². The zero-order valence-electron chi connectivity index (χ0n) is 8.12. The molecular weight excluding hydrogens is 178 g/mol. The van der Waals surface area contributed by atoms with Crippen LogP contribution in [0.3, 0.4) is 0 Å². The third-order valence-electron chi connectivity index (χ3n) is 1.76. The van der Waals surface area contributed by atoms with Gasteiger partial charge in [-0.05, 0) is 17.7 Å². The third-order valence-corrected chi connectivity index (χ3v) is 1.76. The predicted molar refractivity (Wildman–Crippen MR) is 57.4 cm³/mol. The largest absolute Gasteiger partial charge is 0.399 e. The van der Waals surface area contributed by atoms with Crippen LogP contribution in [-0.2, 0) is 6.54 Å². The summed E-state index contributed by atoms with van der Waals surface area (Å²) in [5, 5.41) is 11.5. The maximum Gasteiger partial charge on any atom is 0.205 e. The van der Waals surface area contributed by atoms with E-state index in [1.807, 2.05) is 24.3 Å². The number of nitrogen functional groups attached to an aromatic ring is 1. The van der Waals surface area contributed by atoms with Gasteiger partial charge in [0.05, 0.1) is 0 Å². The Labute approximate surface area is 83.2 Å². The van der Waals surface area contributed by atoms with Crippen LogP contribution in [0.4, 0.5) is 5.69 Å². The van der Waals surface area contributed by atoms with Gasteiger partial charge in [-0.15, -0.1) is 0 Å². The van der Waals surface area contributed by atoms with Crippen molar-refractivity contribution in [3.05, 3.63) is 29.8 Å². The molecule has 0 unspecified atom stereocenters. The number of guanidine groups is 1. The Balaban J connectivity index is 2.50. The zero-order valence-corrected chi connectivity index (χ0v) is 8.12. The Kier molecular flexibility index (Phi) is 3.30. The van der Waals surface area contributed by atoms with E-state index in [-0.39, 0.29) is 5.96 Å². The molecule has 1 aromatic carbocycles. The van der Waals surface area contributed by atoms with E-state index in [0.717, 1.165) is 11.3 Å². The first-order chi connectivity index (χ1) is 6.59. The number of rotatable bonds is 2. The predicted octanol–water partition coefficient (Wildman–Crippen LogP) is 0.0987. The van der Waals surface area contributed by atoms with Crippen molar-refractivity contribution in [2.45, 2.75) is 6.54 Å². The number of hydrogen-bond acceptors (Lipinski definition) is 3. The Morgan fingerprint density at radius 2 is 2.29 bits per heavy atom. The van der Waals surface area contributed by atoms with Gasteiger partial charge in [0.2, 0.25) is 5.96 Å². The monoisotopic (exact) mass is 193 g/mol. The molecule has 0 aliphatic rings. The van der Waals surface area contributed by atoms with Crippen molar-refractivity contribution in [3.63, 3.8) is 0 Å². The molecule has 1 rings (SSSR count). The summed E-state index contributed by atoms with van der Waals surface area (Å²) in [6.45, 7) is 0.547. The van der Waals surface area contributed by atoms with Crippen molar-refractivity contribution in [1.29, 1.82) is 5.41 Å². The highest BCUT2D eigenvalue weighted by Crippen LogP contribution is 2.05. The van der Waals surface area contributed by atoms with Crippen molar-refractivity contribution in [2.75, 3.05) is 12.8 Å². The quantitative estimate of drug-likeness (QED) is 0.176. The standard InChI is InChI=1S/C9H15N5/c1-14(12)9(11)13-6-7-3-2-4-8(10)5-7/h2-5H,6,10,12H2,1H3,(H2,11,13). The number of hydrogen-bond donors (Lipinski definition) is 4. The summed E-state index contributed by atoms with van der Waals surface area (Å²) in [5.41, 5.74) is 7.35. The Hall–Kier alpha value is -1.75. The van der Waals surface area contributed by atoms with Gasteiger partial charge in [-0.1, -0.05) is 12.1 Å². The second-order valence-corrected chi connectivity index (χ2v) is 3.06. The van der Waals surface area contributed by atoms with Crippen LogP contribution in [-0.4, -0.2) is 18.0 Å². The molecule has 0 spiro atoms. The zero-order chi connectivity index (χ0) is 10.6. The number of hydrazine groups is 1. The maximum atomic E-state index is 7.40. The molecule has 6 N–H and O–H groups in total. The van der Waals surface area contributed by atoms with E-state index in [1.54, 1.807) is 7.05 Å². The molecule has 0 saturated carbocycles. The van der Waals surface area contributed by atoms with Crippen LogP contribution in [0, 0.1) is 5.41 Å². The van der Waals surface area contributed by atoms with Crippen LogP contribution in [0.1, 0.15) is 5.56 Å². The average molecular weight is 193 g/mol. The summed E-state index contributed by atoms with van der Waals surface area (Å²) < 4.78 is 0. The summed E-state index contributed by atoms with van der Waals surface area (Å²) in [4.78, 5) is 0. The molecule has 0 heterocycles. The molecule has 0 fully saturated rings. The molecule has 0 bridgehead atoms. The molecular formula is C9H15N5. The minimum atomic E-state index is 0.174. The molecule has 0 aliphatic heterocycles. The number of anilines is 1. The summed E-state index contributed by atoms with van der Waals surface area (Å²) in [7, 11) is 1.61. The molecule has 1 aromatic rings. The number of nitrogens with zero attached hydrogens (tertiary/aromatic N) is 1. The van der Waals surface area contributed by atoms with Gasteiger partial charge >= 0.3 is 0 Å². The van der Waals surface area contributed by atoms with Crippen molar-refractivity contribution in [3.8, 4) is 0 Å². The highest BCUT2D eigenvalue weighted by Gasteiger charge is 1.98. The van der Waals surface area contributed by atoms with Gasteiger partial charge in [-0.2, -0.15) is 0 Å². The van der Waals surface area contributed by atoms with Crippen LogP contribution >= 0.6 is 0 Å². The lowest BCUT2D eigenvalue weighted by molar-refractivity contribution is 0.506. The molecule has 14 heavy (non-hydrogen) atoms. The Bertz CT molecular complexity index is 321. The van der Waals surface area contributed by atoms with Crippen LogP contribution in [0.25, 0.3) is 0 Å². The second-order valence-electron chi connectivity index (χ2n) is 3.06. The summed E-state index contributed by atoms with van der Waals surface area (Å²) in [5.74, 6) is 5.53. The van der Waals surface area contributed by atoms with Gasteiger partial charge < -0.3 is 11.1 Å². The van der Waals surface area contributed by atoms with Crippen LogP contribution in [0.5, 0.6) is 0 Å². The van der Waals surface area contributed by atoms with E-state index < -0.39 is 0 Å².